The number of hydrogen-bond donors (Lipinski definition) is 1. The van der Waals surface area contributed by atoms with E-state index in [1.165, 1.54) is 0 Å². The van der Waals surface area contributed by atoms with Gasteiger partial charge in [-0.05, 0) is 36.2 Å². The van der Waals surface area contributed by atoms with E-state index < -0.39 is 0 Å². The SMILES string of the molecule is Nc1ccccc1CCc1nc2cc(Br)ccc2o1. The average molecular weight is 317 g/mol. The summed E-state index contributed by atoms with van der Waals surface area (Å²) in [5.41, 5.74) is 9.57. The summed E-state index contributed by atoms with van der Waals surface area (Å²) in [6.45, 7) is 0. The number of rotatable bonds is 3. The van der Waals surface area contributed by atoms with E-state index in [4.69, 9.17) is 10.2 Å². The van der Waals surface area contributed by atoms with Gasteiger partial charge in [-0.3, -0.25) is 0 Å². The largest absolute Gasteiger partial charge is 0.441 e. The number of para-hydroxylation sites is 1. The van der Waals surface area contributed by atoms with Crippen molar-refractivity contribution in [3.8, 4) is 0 Å². The number of halogens is 1. The molecule has 2 N–H and O–H groups in total. The van der Waals surface area contributed by atoms with Crippen LogP contribution < -0.4 is 5.73 Å². The summed E-state index contributed by atoms with van der Waals surface area (Å²) in [5.74, 6) is 0.747. The van der Waals surface area contributed by atoms with Crippen molar-refractivity contribution in [1.82, 2.24) is 4.98 Å². The van der Waals surface area contributed by atoms with Gasteiger partial charge in [-0.2, -0.15) is 0 Å². The zero-order valence-electron chi connectivity index (χ0n) is 10.3. The molecule has 0 aliphatic heterocycles. The predicted molar refractivity (Wildman–Crippen MR) is 80.0 cm³/mol. The quantitative estimate of drug-likeness (QED) is 0.744. The number of nitrogens with two attached hydrogens (primary N) is 1. The fourth-order valence-corrected chi connectivity index (χ4v) is 2.41. The smallest absolute Gasteiger partial charge is 0.195 e. The molecule has 0 amide bonds. The standard InChI is InChI=1S/C15H13BrN2O/c16-11-6-7-14-13(9-11)18-15(19-14)8-5-10-3-1-2-4-12(10)17/h1-4,6-7,9H,5,8,17H2. The normalized spacial score (nSPS) is 11.0. The Hall–Kier alpha value is -1.81. The lowest BCUT2D eigenvalue weighted by Gasteiger charge is -2.02. The lowest BCUT2D eigenvalue weighted by atomic mass is 10.1. The van der Waals surface area contributed by atoms with E-state index in [1.807, 2.05) is 42.5 Å². The number of benzene rings is 2. The van der Waals surface area contributed by atoms with Gasteiger partial charge in [-0.15, -0.1) is 0 Å². The molecule has 0 aliphatic rings. The Bertz CT molecular complexity index is 721. The van der Waals surface area contributed by atoms with Crippen molar-refractivity contribution in [2.24, 2.45) is 0 Å². The first kappa shape index (κ1) is 12.2. The van der Waals surface area contributed by atoms with E-state index in [0.717, 1.165) is 45.6 Å². The van der Waals surface area contributed by atoms with E-state index in [-0.39, 0.29) is 0 Å². The molecule has 0 unspecified atom stereocenters. The highest BCUT2D eigenvalue weighted by Gasteiger charge is 2.07. The van der Waals surface area contributed by atoms with Gasteiger partial charge in [0.2, 0.25) is 0 Å². The third kappa shape index (κ3) is 2.63. The van der Waals surface area contributed by atoms with Crippen LogP contribution in [-0.2, 0) is 12.8 Å². The zero-order valence-corrected chi connectivity index (χ0v) is 11.9. The summed E-state index contributed by atoms with van der Waals surface area (Å²) in [5, 5.41) is 0. The molecule has 0 radical (unpaired) electrons. The lowest BCUT2D eigenvalue weighted by Crippen LogP contribution is -1.96. The monoisotopic (exact) mass is 316 g/mol. The second kappa shape index (κ2) is 5.05. The number of oxazole rings is 1. The third-order valence-electron chi connectivity index (χ3n) is 3.06. The fraction of sp³-hybridized carbons (Fsp3) is 0.133. The van der Waals surface area contributed by atoms with Gasteiger partial charge in [0.15, 0.2) is 11.5 Å². The van der Waals surface area contributed by atoms with Gasteiger partial charge >= 0.3 is 0 Å². The number of aromatic nitrogens is 1. The summed E-state index contributed by atoms with van der Waals surface area (Å²) in [6.07, 6.45) is 1.58. The molecule has 0 aliphatic carbocycles. The Morgan fingerprint density at radius 1 is 1.11 bits per heavy atom. The maximum atomic E-state index is 5.92. The highest BCUT2D eigenvalue weighted by molar-refractivity contribution is 9.10. The van der Waals surface area contributed by atoms with Crippen LogP contribution in [0.5, 0.6) is 0 Å². The molecule has 1 aromatic heterocycles. The first-order chi connectivity index (χ1) is 9.22. The number of aryl methyl sites for hydroxylation is 2. The van der Waals surface area contributed by atoms with Gasteiger partial charge in [-0.1, -0.05) is 34.1 Å². The minimum atomic E-state index is 0.747. The van der Waals surface area contributed by atoms with Crippen molar-refractivity contribution in [1.29, 1.82) is 0 Å². The zero-order chi connectivity index (χ0) is 13.2. The Morgan fingerprint density at radius 3 is 2.79 bits per heavy atom. The maximum absolute atomic E-state index is 5.92. The number of nitrogen functional groups attached to an aromatic ring is 1. The Morgan fingerprint density at radius 2 is 1.95 bits per heavy atom. The highest BCUT2D eigenvalue weighted by atomic mass is 79.9. The molecular formula is C15H13BrN2O. The molecule has 1 heterocycles. The Labute approximate surface area is 119 Å². The molecule has 0 fully saturated rings. The Balaban J connectivity index is 1.80. The molecule has 3 rings (SSSR count). The van der Waals surface area contributed by atoms with Crippen molar-refractivity contribution in [2.45, 2.75) is 12.8 Å². The van der Waals surface area contributed by atoms with Gasteiger partial charge in [0.1, 0.15) is 5.52 Å². The molecule has 3 nitrogen and oxygen atoms in total. The number of fused-ring (bicyclic) bond motifs is 1. The summed E-state index contributed by atoms with van der Waals surface area (Å²) < 4.78 is 6.72. The highest BCUT2D eigenvalue weighted by Crippen LogP contribution is 2.21. The van der Waals surface area contributed by atoms with Crippen LogP contribution in [0.25, 0.3) is 11.1 Å². The average Bonchev–Trinajstić information content (AvgIpc) is 2.79. The van der Waals surface area contributed by atoms with E-state index in [2.05, 4.69) is 20.9 Å². The van der Waals surface area contributed by atoms with Crippen LogP contribution in [0, 0.1) is 0 Å². The fourth-order valence-electron chi connectivity index (χ4n) is 2.06. The minimum Gasteiger partial charge on any atom is -0.441 e. The van der Waals surface area contributed by atoms with Gasteiger partial charge in [-0.25, -0.2) is 4.98 Å². The summed E-state index contributed by atoms with van der Waals surface area (Å²) >= 11 is 3.43. The van der Waals surface area contributed by atoms with Crippen LogP contribution in [0.1, 0.15) is 11.5 Å². The molecular weight excluding hydrogens is 304 g/mol. The second-order valence-corrected chi connectivity index (χ2v) is 5.33. The van der Waals surface area contributed by atoms with Gasteiger partial charge in [0.05, 0.1) is 0 Å². The van der Waals surface area contributed by atoms with Crippen LogP contribution >= 0.6 is 15.9 Å². The van der Waals surface area contributed by atoms with E-state index in [1.54, 1.807) is 0 Å². The molecule has 2 aromatic carbocycles. The van der Waals surface area contributed by atoms with Gasteiger partial charge in [0.25, 0.3) is 0 Å². The van der Waals surface area contributed by atoms with Crippen LogP contribution in [0.4, 0.5) is 5.69 Å². The second-order valence-electron chi connectivity index (χ2n) is 4.42. The molecule has 96 valence electrons. The summed E-state index contributed by atoms with van der Waals surface area (Å²) in [6, 6.07) is 13.7. The first-order valence-corrected chi connectivity index (χ1v) is 6.90. The van der Waals surface area contributed by atoms with Crippen molar-refractivity contribution >= 4 is 32.7 Å². The summed E-state index contributed by atoms with van der Waals surface area (Å²) in [7, 11) is 0. The molecule has 0 atom stereocenters. The van der Waals surface area contributed by atoms with Crippen LogP contribution in [0.3, 0.4) is 0 Å². The van der Waals surface area contributed by atoms with Crippen LogP contribution in [-0.4, -0.2) is 4.98 Å². The molecule has 4 heteroatoms. The summed E-state index contributed by atoms with van der Waals surface area (Å²) in [4.78, 5) is 4.48. The first-order valence-electron chi connectivity index (χ1n) is 6.11. The van der Waals surface area contributed by atoms with Crippen LogP contribution in [0.2, 0.25) is 0 Å². The van der Waals surface area contributed by atoms with E-state index in [0.29, 0.717) is 0 Å². The van der Waals surface area contributed by atoms with Crippen molar-refractivity contribution in [3.63, 3.8) is 0 Å². The van der Waals surface area contributed by atoms with Crippen molar-refractivity contribution in [3.05, 3.63) is 58.4 Å². The molecule has 3 aromatic rings. The predicted octanol–water partition coefficient (Wildman–Crippen LogP) is 3.96. The number of anilines is 1. The number of nitrogens with zero attached hydrogens (tertiary/aromatic N) is 1. The topological polar surface area (TPSA) is 52.0 Å². The molecule has 0 bridgehead atoms. The van der Waals surface area contributed by atoms with Gasteiger partial charge < -0.3 is 10.2 Å². The minimum absolute atomic E-state index is 0.747. The van der Waals surface area contributed by atoms with E-state index in [9.17, 15) is 0 Å². The maximum Gasteiger partial charge on any atom is 0.195 e. The lowest BCUT2D eigenvalue weighted by molar-refractivity contribution is 0.528. The molecule has 0 spiro atoms. The van der Waals surface area contributed by atoms with Gasteiger partial charge in [0, 0.05) is 16.6 Å². The molecule has 19 heavy (non-hydrogen) atoms. The number of hydrogen-bond acceptors (Lipinski definition) is 3. The van der Waals surface area contributed by atoms with Crippen LogP contribution in [0.15, 0.2) is 51.4 Å². The van der Waals surface area contributed by atoms with Crippen molar-refractivity contribution in [2.75, 3.05) is 5.73 Å². The van der Waals surface area contributed by atoms with Crippen molar-refractivity contribution < 1.29 is 4.42 Å². The Kier molecular flexibility index (Phi) is 3.25. The van der Waals surface area contributed by atoms with E-state index >= 15 is 0 Å². The molecule has 0 saturated heterocycles. The third-order valence-corrected chi connectivity index (χ3v) is 3.55. The molecule has 0 saturated carbocycles.